The van der Waals surface area contributed by atoms with Crippen LogP contribution in [0, 0.1) is 0 Å². The van der Waals surface area contributed by atoms with E-state index in [2.05, 4.69) is 238 Å². The molecule has 4 N–H and O–H groups in total. The molecule has 9 aromatic rings. The average molecular weight is 762 g/mol. The predicted molar refractivity (Wildman–Crippen MR) is 251 cm³/mol. The van der Waals surface area contributed by atoms with Crippen LogP contribution in [0.3, 0.4) is 0 Å². The van der Waals surface area contributed by atoms with Gasteiger partial charge >= 0.3 is 0 Å². The van der Waals surface area contributed by atoms with Crippen LogP contribution < -0.4 is 26.2 Å². The Morgan fingerprint density at radius 2 is 0.508 bits per heavy atom. The largest absolute Gasteiger partial charge is 0.355 e. The molecule has 0 spiro atoms. The van der Waals surface area contributed by atoms with Gasteiger partial charge in [0.25, 0.3) is 0 Å². The zero-order valence-electron chi connectivity index (χ0n) is 32.5. The number of nitrogens with one attached hydrogen (secondary N) is 4. The van der Waals surface area contributed by atoms with Crippen molar-refractivity contribution < 1.29 is 0 Å². The molecule has 9 rings (SSSR count). The number of hydrogen-bond donors (Lipinski definition) is 4. The van der Waals surface area contributed by atoms with Crippen molar-refractivity contribution in [2.75, 3.05) is 26.2 Å². The first-order valence-corrected chi connectivity index (χ1v) is 19.9. The molecule has 0 aliphatic heterocycles. The minimum Gasteiger partial charge on any atom is -0.355 e. The van der Waals surface area contributed by atoms with Crippen molar-refractivity contribution in [2.45, 2.75) is 0 Å². The van der Waals surface area contributed by atoms with Gasteiger partial charge in [-0.15, -0.1) is 0 Å². The van der Waals surface area contributed by atoms with Crippen molar-refractivity contribution in [1.82, 2.24) is 0 Å². The highest BCUT2D eigenvalue weighted by Crippen LogP contribution is 2.47. The van der Waals surface area contributed by atoms with E-state index in [1.165, 1.54) is 0 Å². The highest BCUT2D eigenvalue weighted by Gasteiger charge is 2.21. The number of hydrogen-bond acceptors (Lipinski definition) is 5. The van der Waals surface area contributed by atoms with Crippen LogP contribution >= 0.6 is 0 Å². The van der Waals surface area contributed by atoms with E-state index in [1.54, 1.807) is 0 Å². The van der Waals surface area contributed by atoms with Crippen molar-refractivity contribution in [3.63, 3.8) is 0 Å². The lowest BCUT2D eigenvalue weighted by molar-refractivity contribution is 1.28. The molecule has 0 radical (unpaired) electrons. The molecule has 0 fully saturated rings. The van der Waals surface area contributed by atoms with E-state index in [9.17, 15) is 0 Å². The number of nitrogens with zero attached hydrogens (tertiary/aromatic N) is 1. The number of para-hydroxylation sites is 6. The van der Waals surface area contributed by atoms with E-state index in [4.69, 9.17) is 0 Å². The first-order chi connectivity index (χ1) is 29.2. The van der Waals surface area contributed by atoms with Crippen molar-refractivity contribution >= 4 is 62.6 Å². The Morgan fingerprint density at radius 3 is 0.797 bits per heavy atom. The Kier molecular flexibility index (Phi) is 10.8. The molecule has 0 aliphatic rings. The summed E-state index contributed by atoms with van der Waals surface area (Å²) < 4.78 is 0. The second-order valence-corrected chi connectivity index (χ2v) is 14.2. The van der Waals surface area contributed by atoms with Gasteiger partial charge in [0.05, 0.1) is 0 Å². The zero-order valence-corrected chi connectivity index (χ0v) is 32.5. The molecule has 0 aromatic heterocycles. The van der Waals surface area contributed by atoms with E-state index < -0.39 is 0 Å². The van der Waals surface area contributed by atoms with Crippen LogP contribution in [0.1, 0.15) is 0 Å². The topological polar surface area (TPSA) is 51.4 Å². The first-order valence-electron chi connectivity index (χ1n) is 19.9. The summed E-state index contributed by atoms with van der Waals surface area (Å²) in [5.74, 6) is 0. The maximum absolute atomic E-state index is 3.78. The molecule has 5 heteroatoms. The number of benzene rings is 9. The summed E-state index contributed by atoms with van der Waals surface area (Å²) in [5.41, 5.74) is 15.2. The number of anilines is 11. The third-order valence-corrected chi connectivity index (χ3v) is 10.1. The molecule has 59 heavy (non-hydrogen) atoms. The van der Waals surface area contributed by atoms with Crippen molar-refractivity contribution in [2.24, 2.45) is 0 Å². The maximum Gasteiger partial charge on any atom is 0.0485 e. The molecule has 0 unspecified atom stereocenters. The lowest BCUT2D eigenvalue weighted by Crippen LogP contribution is -2.10. The molecule has 0 aliphatic carbocycles. The van der Waals surface area contributed by atoms with Gasteiger partial charge in [0.2, 0.25) is 0 Å². The smallest absolute Gasteiger partial charge is 0.0485 e. The van der Waals surface area contributed by atoms with E-state index >= 15 is 0 Å². The highest BCUT2D eigenvalue weighted by molar-refractivity contribution is 5.99. The molecule has 0 saturated heterocycles. The van der Waals surface area contributed by atoms with Gasteiger partial charge in [-0.2, -0.15) is 0 Å². The van der Waals surface area contributed by atoms with Gasteiger partial charge in [0, 0.05) is 73.7 Å². The third kappa shape index (κ3) is 8.55. The molecule has 0 amide bonds. The Balaban J connectivity index is 1.33. The van der Waals surface area contributed by atoms with Gasteiger partial charge in [0.15, 0.2) is 0 Å². The van der Waals surface area contributed by atoms with Crippen LogP contribution in [0.5, 0.6) is 0 Å². The van der Waals surface area contributed by atoms with Crippen LogP contribution in [-0.4, -0.2) is 0 Å². The SMILES string of the molecule is c1ccc(Nc2cccc(Nc3ccccc3)c2-c2cc(-c3c(Nc4ccccc4)cccc3Nc3ccccc3)cc(N(c3ccccc3)c3ccccc3)c2)cc1. The van der Waals surface area contributed by atoms with Crippen molar-refractivity contribution in [3.05, 3.63) is 237 Å². The van der Waals surface area contributed by atoms with Crippen LogP contribution in [0.15, 0.2) is 237 Å². The Labute approximate surface area is 346 Å². The molecule has 0 bridgehead atoms. The summed E-state index contributed by atoms with van der Waals surface area (Å²) in [4.78, 5) is 2.34. The molecule has 5 nitrogen and oxygen atoms in total. The fourth-order valence-electron chi connectivity index (χ4n) is 7.48. The fraction of sp³-hybridized carbons (Fsp3) is 0. The summed E-state index contributed by atoms with van der Waals surface area (Å²) >= 11 is 0. The molecule has 0 saturated carbocycles. The zero-order chi connectivity index (χ0) is 39.6. The van der Waals surface area contributed by atoms with Gasteiger partial charge < -0.3 is 26.2 Å². The summed E-state index contributed by atoms with van der Waals surface area (Å²) in [6.45, 7) is 0. The van der Waals surface area contributed by atoms with Crippen molar-refractivity contribution in [1.29, 1.82) is 0 Å². The quantitative estimate of drug-likeness (QED) is 0.0943. The summed E-state index contributed by atoms with van der Waals surface area (Å²) in [6, 6.07) is 82.4. The predicted octanol–water partition coefficient (Wildman–Crippen LogP) is 15.5. The minimum absolute atomic E-state index is 0.976. The van der Waals surface area contributed by atoms with Gasteiger partial charge in [0.1, 0.15) is 0 Å². The summed E-state index contributed by atoms with van der Waals surface area (Å²) in [7, 11) is 0. The normalized spacial score (nSPS) is 10.7. The van der Waals surface area contributed by atoms with Gasteiger partial charge in [-0.05, 0) is 126 Å². The monoisotopic (exact) mass is 761 g/mol. The van der Waals surface area contributed by atoms with Gasteiger partial charge in [-0.1, -0.05) is 121 Å². The molecule has 9 aromatic carbocycles. The highest BCUT2D eigenvalue weighted by atomic mass is 15.1. The van der Waals surface area contributed by atoms with Crippen molar-refractivity contribution in [3.8, 4) is 22.3 Å². The Bertz CT molecular complexity index is 2440. The van der Waals surface area contributed by atoms with E-state index in [-0.39, 0.29) is 0 Å². The average Bonchev–Trinajstić information content (AvgIpc) is 3.29. The van der Waals surface area contributed by atoms with Crippen LogP contribution in [0.4, 0.5) is 62.6 Å². The number of rotatable bonds is 13. The fourth-order valence-corrected chi connectivity index (χ4v) is 7.48. The molecule has 0 atom stereocenters. The second kappa shape index (κ2) is 17.4. The Morgan fingerprint density at radius 1 is 0.237 bits per heavy atom. The van der Waals surface area contributed by atoms with E-state index in [1.807, 2.05) is 24.3 Å². The first kappa shape index (κ1) is 36.6. The van der Waals surface area contributed by atoms with Crippen LogP contribution in [0.25, 0.3) is 22.3 Å². The van der Waals surface area contributed by atoms with Gasteiger partial charge in [-0.3, -0.25) is 0 Å². The lowest BCUT2D eigenvalue weighted by atomic mass is 9.93. The second-order valence-electron chi connectivity index (χ2n) is 14.2. The lowest BCUT2D eigenvalue weighted by Gasteiger charge is -2.28. The standard InChI is InChI=1S/C54H43N5/c1-7-21-42(22-8-1)55-49-33-19-34-50(56-43-23-9-2-10-24-43)53(49)40-37-41(39-48(38-40)59(46-29-15-5-16-30-46)47-31-17-6-18-32-47)54-51(57-44-25-11-3-12-26-44)35-20-36-52(54)58-45-27-13-4-14-28-45/h1-39,55-58H. The molecule has 0 heterocycles. The van der Waals surface area contributed by atoms with E-state index in [0.717, 1.165) is 84.8 Å². The summed E-state index contributed by atoms with van der Waals surface area (Å²) in [5, 5.41) is 15.1. The third-order valence-electron chi connectivity index (χ3n) is 10.1. The van der Waals surface area contributed by atoms with E-state index in [0.29, 0.717) is 0 Å². The molecular formula is C54H43N5. The summed E-state index contributed by atoms with van der Waals surface area (Å²) in [6.07, 6.45) is 0. The maximum atomic E-state index is 3.78. The molecular weight excluding hydrogens is 719 g/mol. The Hall–Kier alpha value is -8.02. The van der Waals surface area contributed by atoms with Crippen LogP contribution in [0.2, 0.25) is 0 Å². The minimum atomic E-state index is 0.976. The van der Waals surface area contributed by atoms with Gasteiger partial charge in [-0.25, -0.2) is 0 Å². The van der Waals surface area contributed by atoms with Crippen LogP contribution in [-0.2, 0) is 0 Å². The molecule has 284 valence electrons.